The minimum atomic E-state index is -0.165. The van der Waals surface area contributed by atoms with E-state index in [1.165, 1.54) is 165 Å². The Morgan fingerprint density at radius 1 is 0.375 bits per heavy atom. The lowest BCUT2D eigenvalue weighted by Gasteiger charge is -2.07. The SMILES string of the molecule is CCCCCCCCCCCCCCCCC(=O)OCCOC(=O)CCCCCCCCCCCCCCCC.Cc1ccc(C)cc1. The molecule has 0 saturated heterocycles. The van der Waals surface area contributed by atoms with E-state index in [0.29, 0.717) is 12.8 Å². The van der Waals surface area contributed by atoms with Gasteiger partial charge in [0, 0.05) is 12.8 Å². The number of esters is 2. The summed E-state index contributed by atoms with van der Waals surface area (Å²) in [5, 5.41) is 0. The minimum Gasteiger partial charge on any atom is -0.462 e. The van der Waals surface area contributed by atoms with Gasteiger partial charge in [-0.3, -0.25) is 9.59 Å². The highest BCUT2D eigenvalue weighted by Crippen LogP contribution is 2.15. The third kappa shape index (κ3) is 37.0. The summed E-state index contributed by atoms with van der Waals surface area (Å²) in [5.41, 5.74) is 2.66. The average molecular weight is 673 g/mol. The van der Waals surface area contributed by atoms with Gasteiger partial charge in [0.2, 0.25) is 0 Å². The molecule has 0 aliphatic rings. The van der Waals surface area contributed by atoms with Crippen LogP contribution in [0.2, 0.25) is 0 Å². The van der Waals surface area contributed by atoms with Gasteiger partial charge in [-0.2, -0.15) is 0 Å². The Bertz CT molecular complexity index is 736. The van der Waals surface area contributed by atoms with Gasteiger partial charge in [0.25, 0.3) is 0 Å². The molecular formula is C44H80O4. The maximum absolute atomic E-state index is 11.9. The molecule has 0 aliphatic carbocycles. The molecule has 0 fully saturated rings. The van der Waals surface area contributed by atoms with Crippen molar-refractivity contribution in [2.24, 2.45) is 0 Å². The molecule has 0 heterocycles. The number of carbonyl (C=O) groups excluding carboxylic acids is 2. The van der Waals surface area contributed by atoms with E-state index in [9.17, 15) is 9.59 Å². The van der Waals surface area contributed by atoms with E-state index in [1.807, 2.05) is 0 Å². The van der Waals surface area contributed by atoms with Crippen LogP contribution in [0.25, 0.3) is 0 Å². The first-order valence-corrected chi connectivity index (χ1v) is 20.8. The monoisotopic (exact) mass is 673 g/mol. The van der Waals surface area contributed by atoms with Crippen molar-refractivity contribution in [2.45, 2.75) is 220 Å². The summed E-state index contributed by atoms with van der Waals surface area (Å²) in [4.78, 5) is 23.7. The summed E-state index contributed by atoms with van der Waals surface area (Å²) in [6.07, 6.45) is 37.6. The number of hydrogen-bond acceptors (Lipinski definition) is 4. The molecule has 280 valence electrons. The Morgan fingerprint density at radius 2 is 0.583 bits per heavy atom. The number of aryl methyl sites for hydroxylation is 2. The number of unbranched alkanes of at least 4 members (excludes halogenated alkanes) is 26. The molecule has 0 bridgehead atoms. The van der Waals surface area contributed by atoms with Crippen LogP contribution in [0.15, 0.2) is 24.3 Å². The van der Waals surface area contributed by atoms with Crippen molar-refractivity contribution >= 4 is 11.9 Å². The molecule has 0 saturated carbocycles. The van der Waals surface area contributed by atoms with E-state index >= 15 is 0 Å². The van der Waals surface area contributed by atoms with E-state index < -0.39 is 0 Å². The van der Waals surface area contributed by atoms with Gasteiger partial charge in [-0.1, -0.05) is 216 Å². The molecule has 1 aromatic rings. The van der Waals surface area contributed by atoms with Gasteiger partial charge >= 0.3 is 11.9 Å². The molecule has 1 rings (SSSR count). The predicted octanol–water partition coefficient (Wildman–Crippen LogP) is 14.1. The van der Waals surface area contributed by atoms with Gasteiger partial charge in [-0.25, -0.2) is 0 Å². The lowest BCUT2D eigenvalue weighted by atomic mass is 10.0. The predicted molar refractivity (Wildman–Crippen MR) is 208 cm³/mol. The molecule has 48 heavy (non-hydrogen) atoms. The fraction of sp³-hybridized carbons (Fsp3) is 0.818. The van der Waals surface area contributed by atoms with Crippen molar-refractivity contribution in [1.29, 1.82) is 0 Å². The zero-order valence-electron chi connectivity index (χ0n) is 32.6. The van der Waals surface area contributed by atoms with E-state index in [-0.39, 0.29) is 25.2 Å². The van der Waals surface area contributed by atoms with Crippen LogP contribution in [0.5, 0.6) is 0 Å². The maximum atomic E-state index is 11.9. The second-order valence-corrected chi connectivity index (χ2v) is 14.3. The first-order chi connectivity index (χ1) is 23.5. The number of carbonyl (C=O) groups is 2. The molecule has 0 aromatic heterocycles. The van der Waals surface area contributed by atoms with Crippen molar-refractivity contribution in [3.63, 3.8) is 0 Å². The van der Waals surface area contributed by atoms with Crippen LogP contribution in [0.3, 0.4) is 0 Å². The van der Waals surface area contributed by atoms with Crippen molar-refractivity contribution in [3.8, 4) is 0 Å². The van der Waals surface area contributed by atoms with Gasteiger partial charge in [0.15, 0.2) is 0 Å². The summed E-state index contributed by atoms with van der Waals surface area (Å²) in [6.45, 7) is 9.10. The molecule has 0 atom stereocenters. The van der Waals surface area contributed by atoms with Gasteiger partial charge in [-0.05, 0) is 26.7 Å². The van der Waals surface area contributed by atoms with Crippen molar-refractivity contribution in [2.75, 3.05) is 13.2 Å². The standard InChI is InChI=1S/C36H70O4.C8H10/c1-3-5-7-9-11-13-15-17-19-21-23-25-27-29-31-35(37)39-33-34-40-36(38)32-30-28-26-24-22-20-18-16-14-12-10-8-6-4-2;1-7-3-5-8(2)6-4-7/h3-34H2,1-2H3;3-6H,1-2H3. The molecular weight excluding hydrogens is 592 g/mol. The zero-order valence-corrected chi connectivity index (χ0v) is 32.6. The van der Waals surface area contributed by atoms with E-state index in [2.05, 4.69) is 52.0 Å². The molecule has 0 radical (unpaired) electrons. The number of rotatable bonds is 33. The van der Waals surface area contributed by atoms with Crippen molar-refractivity contribution < 1.29 is 19.1 Å². The number of ether oxygens (including phenoxy) is 2. The topological polar surface area (TPSA) is 52.6 Å². The summed E-state index contributed by atoms with van der Waals surface area (Å²) >= 11 is 0. The van der Waals surface area contributed by atoms with Crippen LogP contribution in [0.1, 0.15) is 218 Å². The molecule has 0 aliphatic heterocycles. The van der Waals surface area contributed by atoms with Crippen LogP contribution in [0, 0.1) is 13.8 Å². The van der Waals surface area contributed by atoms with E-state index in [1.54, 1.807) is 0 Å². The maximum Gasteiger partial charge on any atom is 0.305 e. The zero-order chi connectivity index (χ0) is 35.2. The molecule has 0 unspecified atom stereocenters. The Labute approximate surface area is 299 Å². The van der Waals surface area contributed by atoms with Crippen LogP contribution in [-0.4, -0.2) is 25.2 Å². The Hall–Kier alpha value is -1.84. The minimum absolute atomic E-state index is 0.165. The van der Waals surface area contributed by atoms with Gasteiger partial charge in [-0.15, -0.1) is 0 Å². The van der Waals surface area contributed by atoms with Crippen molar-refractivity contribution in [1.82, 2.24) is 0 Å². The Balaban J connectivity index is 0.00000239. The molecule has 0 spiro atoms. The van der Waals surface area contributed by atoms with Gasteiger partial charge in [0.05, 0.1) is 0 Å². The summed E-state index contributed by atoms with van der Waals surface area (Å²) in [5.74, 6) is -0.330. The fourth-order valence-electron chi connectivity index (χ4n) is 6.02. The quantitative estimate of drug-likeness (QED) is 0.0551. The smallest absolute Gasteiger partial charge is 0.305 e. The highest BCUT2D eigenvalue weighted by molar-refractivity contribution is 5.70. The van der Waals surface area contributed by atoms with Crippen LogP contribution >= 0.6 is 0 Å². The van der Waals surface area contributed by atoms with E-state index in [4.69, 9.17) is 9.47 Å². The number of hydrogen-bond donors (Lipinski definition) is 0. The first-order valence-electron chi connectivity index (χ1n) is 20.8. The van der Waals surface area contributed by atoms with E-state index in [0.717, 1.165) is 25.7 Å². The second-order valence-electron chi connectivity index (χ2n) is 14.3. The highest BCUT2D eigenvalue weighted by Gasteiger charge is 2.06. The van der Waals surface area contributed by atoms with Crippen LogP contribution in [-0.2, 0) is 19.1 Å². The largest absolute Gasteiger partial charge is 0.462 e. The molecule has 1 aromatic carbocycles. The molecule has 4 nitrogen and oxygen atoms in total. The number of benzene rings is 1. The van der Waals surface area contributed by atoms with Gasteiger partial charge in [0.1, 0.15) is 13.2 Å². The molecule has 4 heteroatoms. The van der Waals surface area contributed by atoms with Crippen LogP contribution < -0.4 is 0 Å². The third-order valence-electron chi connectivity index (χ3n) is 9.30. The highest BCUT2D eigenvalue weighted by atomic mass is 16.6. The van der Waals surface area contributed by atoms with Gasteiger partial charge < -0.3 is 9.47 Å². The normalized spacial score (nSPS) is 10.8. The fourth-order valence-corrected chi connectivity index (χ4v) is 6.02. The second kappa shape index (κ2) is 38.0. The Kier molecular flexibility index (Phi) is 36.5. The van der Waals surface area contributed by atoms with Crippen LogP contribution in [0.4, 0.5) is 0 Å². The molecule has 0 N–H and O–H groups in total. The third-order valence-corrected chi connectivity index (χ3v) is 9.30. The summed E-state index contributed by atoms with van der Waals surface area (Å²) in [6, 6.07) is 8.48. The molecule has 0 amide bonds. The van der Waals surface area contributed by atoms with Crippen molar-refractivity contribution in [3.05, 3.63) is 35.4 Å². The summed E-state index contributed by atoms with van der Waals surface area (Å²) < 4.78 is 10.4. The average Bonchev–Trinajstić information content (AvgIpc) is 3.08. The Morgan fingerprint density at radius 3 is 0.812 bits per heavy atom. The first kappa shape index (κ1) is 46.2. The lowest BCUT2D eigenvalue weighted by Crippen LogP contribution is -2.13. The lowest BCUT2D eigenvalue weighted by molar-refractivity contribution is -0.152. The summed E-state index contributed by atoms with van der Waals surface area (Å²) in [7, 11) is 0.